The third-order valence-corrected chi connectivity index (χ3v) is 7.73. The third kappa shape index (κ3) is 7.89. The fraction of sp³-hybridized carbons (Fsp3) is 1.00. The van der Waals surface area contributed by atoms with Crippen molar-refractivity contribution in [2.24, 2.45) is 17.2 Å². The first-order valence-electron chi connectivity index (χ1n) is 6.99. The second-order valence-electron chi connectivity index (χ2n) is 4.71. The monoisotopic (exact) mass is 261 g/mol. The van der Waals surface area contributed by atoms with Gasteiger partial charge in [-0.1, -0.05) is 6.92 Å². The van der Waals surface area contributed by atoms with Crippen molar-refractivity contribution in [2.45, 2.75) is 50.7 Å². The molecule has 0 aliphatic carbocycles. The van der Waals surface area contributed by atoms with E-state index in [0.29, 0.717) is 0 Å². The van der Waals surface area contributed by atoms with Crippen molar-refractivity contribution < 1.29 is 4.43 Å². The summed E-state index contributed by atoms with van der Waals surface area (Å²) >= 11 is 0. The largest absolute Gasteiger partial charge is 0.417 e. The normalized spacial score (nSPS) is 12.0. The van der Waals surface area contributed by atoms with Crippen LogP contribution >= 0.6 is 0 Å². The highest BCUT2D eigenvalue weighted by atomic mass is 28.4. The zero-order chi connectivity index (χ0) is 13.0. The quantitative estimate of drug-likeness (QED) is 0.464. The van der Waals surface area contributed by atoms with E-state index in [-0.39, 0.29) is 0 Å². The molecule has 0 bridgehead atoms. The van der Waals surface area contributed by atoms with Crippen molar-refractivity contribution in [3.05, 3.63) is 0 Å². The summed E-state index contributed by atoms with van der Waals surface area (Å²) in [5.41, 5.74) is 16.9. The van der Waals surface area contributed by atoms with Crippen molar-refractivity contribution in [1.29, 1.82) is 0 Å². The summed E-state index contributed by atoms with van der Waals surface area (Å²) < 4.78 is 6.26. The molecule has 0 radical (unpaired) electrons. The Hall–Kier alpha value is 0.0569. The van der Waals surface area contributed by atoms with E-state index in [1.807, 2.05) is 0 Å². The molecule has 5 heteroatoms. The molecule has 6 N–H and O–H groups in total. The van der Waals surface area contributed by atoms with Gasteiger partial charge in [-0.05, 0) is 63.4 Å². The van der Waals surface area contributed by atoms with E-state index >= 15 is 0 Å². The molecule has 0 atom stereocenters. The molecule has 0 saturated heterocycles. The maximum Gasteiger partial charge on any atom is 0.192 e. The molecule has 0 aromatic rings. The van der Waals surface area contributed by atoms with Gasteiger partial charge in [0.25, 0.3) is 0 Å². The van der Waals surface area contributed by atoms with Crippen molar-refractivity contribution >= 4 is 8.32 Å². The Bertz CT molecular complexity index is 132. The lowest BCUT2D eigenvalue weighted by Gasteiger charge is -2.31. The molecule has 0 aliphatic heterocycles. The molecule has 0 saturated carbocycles. The van der Waals surface area contributed by atoms with Gasteiger partial charge in [0.15, 0.2) is 8.32 Å². The smallest absolute Gasteiger partial charge is 0.192 e. The van der Waals surface area contributed by atoms with Gasteiger partial charge in [0, 0.05) is 6.61 Å². The van der Waals surface area contributed by atoms with E-state index in [2.05, 4.69) is 6.92 Å². The fourth-order valence-corrected chi connectivity index (χ4v) is 6.55. The molecular weight excluding hydrogens is 230 g/mol. The lowest BCUT2D eigenvalue weighted by Crippen LogP contribution is -2.40. The van der Waals surface area contributed by atoms with Crippen LogP contribution in [-0.2, 0) is 4.43 Å². The maximum atomic E-state index is 6.26. The summed E-state index contributed by atoms with van der Waals surface area (Å²) in [5, 5.41) is 0. The van der Waals surface area contributed by atoms with Gasteiger partial charge in [-0.25, -0.2) is 0 Å². The van der Waals surface area contributed by atoms with E-state index < -0.39 is 8.32 Å². The Balaban J connectivity index is 4.39. The average molecular weight is 261 g/mol. The molecule has 0 aromatic heterocycles. The molecule has 0 spiro atoms. The van der Waals surface area contributed by atoms with Gasteiger partial charge >= 0.3 is 0 Å². The molecule has 0 fully saturated rings. The highest BCUT2D eigenvalue weighted by molar-refractivity contribution is 6.73. The van der Waals surface area contributed by atoms with E-state index in [9.17, 15) is 0 Å². The van der Waals surface area contributed by atoms with Gasteiger partial charge in [-0.15, -0.1) is 0 Å². The third-order valence-electron chi connectivity index (χ3n) is 3.12. The molecule has 0 rings (SSSR count). The minimum Gasteiger partial charge on any atom is -0.417 e. The highest BCUT2D eigenvalue weighted by Crippen LogP contribution is 2.27. The minimum absolute atomic E-state index is 0.759. The Morgan fingerprint density at radius 2 is 1.24 bits per heavy atom. The fourth-order valence-electron chi connectivity index (χ4n) is 2.18. The average Bonchev–Trinajstić information content (AvgIpc) is 2.37. The maximum absolute atomic E-state index is 6.26. The first-order chi connectivity index (χ1) is 8.24. The van der Waals surface area contributed by atoms with Crippen molar-refractivity contribution in [3.8, 4) is 0 Å². The van der Waals surface area contributed by atoms with Crippen LogP contribution in [-0.4, -0.2) is 34.6 Å². The van der Waals surface area contributed by atoms with Crippen LogP contribution in [0.15, 0.2) is 0 Å². The molecule has 0 aromatic carbocycles. The van der Waals surface area contributed by atoms with Crippen molar-refractivity contribution in [3.63, 3.8) is 0 Å². The van der Waals surface area contributed by atoms with E-state index in [0.717, 1.165) is 51.9 Å². The molecule has 104 valence electrons. The lowest BCUT2D eigenvalue weighted by atomic mass is 10.5. The standard InChI is InChI=1S/C12H31N3OSi/c1-2-9-16-17(10-3-6-13,11-4-7-14)12-5-8-15/h2-15H2,1H3. The highest BCUT2D eigenvalue weighted by Gasteiger charge is 2.32. The molecule has 17 heavy (non-hydrogen) atoms. The zero-order valence-corrected chi connectivity index (χ0v) is 12.4. The van der Waals surface area contributed by atoms with Crippen LogP contribution in [0.25, 0.3) is 0 Å². The topological polar surface area (TPSA) is 87.3 Å². The Morgan fingerprint density at radius 3 is 1.53 bits per heavy atom. The van der Waals surface area contributed by atoms with Gasteiger partial charge in [0.2, 0.25) is 0 Å². The second kappa shape index (κ2) is 11.2. The van der Waals surface area contributed by atoms with Gasteiger partial charge in [-0.2, -0.15) is 0 Å². The second-order valence-corrected chi connectivity index (χ2v) is 8.86. The summed E-state index contributed by atoms with van der Waals surface area (Å²) in [6, 6.07) is 3.51. The van der Waals surface area contributed by atoms with Crippen molar-refractivity contribution in [1.82, 2.24) is 0 Å². The van der Waals surface area contributed by atoms with Crippen LogP contribution in [0.3, 0.4) is 0 Å². The first kappa shape index (κ1) is 17.1. The first-order valence-corrected chi connectivity index (χ1v) is 9.51. The van der Waals surface area contributed by atoms with Crippen molar-refractivity contribution in [2.75, 3.05) is 26.2 Å². The van der Waals surface area contributed by atoms with Crippen LogP contribution < -0.4 is 17.2 Å². The van der Waals surface area contributed by atoms with Crippen LogP contribution in [0.5, 0.6) is 0 Å². The predicted molar refractivity (Wildman–Crippen MR) is 77.4 cm³/mol. The van der Waals surface area contributed by atoms with Crippen LogP contribution in [0.1, 0.15) is 32.6 Å². The van der Waals surface area contributed by atoms with E-state index in [1.54, 1.807) is 0 Å². The summed E-state index contributed by atoms with van der Waals surface area (Å²) in [6.45, 7) is 5.32. The SMILES string of the molecule is CCCO[Si](CCCN)(CCCN)CCCN. The molecule has 0 heterocycles. The molecule has 4 nitrogen and oxygen atoms in total. The Labute approximate surface area is 107 Å². The molecule has 0 amide bonds. The molecular formula is C12H31N3OSi. The lowest BCUT2D eigenvalue weighted by molar-refractivity contribution is 0.294. The summed E-state index contributed by atoms with van der Waals surface area (Å²) in [6.07, 6.45) is 4.31. The van der Waals surface area contributed by atoms with Gasteiger partial charge in [0.05, 0.1) is 0 Å². The molecule has 0 aliphatic rings. The van der Waals surface area contributed by atoms with Gasteiger partial charge < -0.3 is 21.6 Å². The number of hydrogen-bond donors (Lipinski definition) is 3. The number of nitrogens with two attached hydrogens (primary N) is 3. The Kier molecular flexibility index (Phi) is 11.2. The van der Waals surface area contributed by atoms with Crippen LogP contribution in [0.2, 0.25) is 18.1 Å². The number of hydrogen-bond acceptors (Lipinski definition) is 4. The molecule has 0 unspecified atom stereocenters. The van der Waals surface area contributed by atoms with Gasteiger partial charge in [-0.3, -0.25) is 0 Å². The van der Waals surface area contributed by atoms with E-state index in [4.69, 9.17) is 21.6 Å². The summed E-state index contributed by atoms with van der Waals surface area (Å²) in [4.78, 5) is 0. The minimum atomic E-state index is -1.62. The predicted octanol–water partition coefficient (Wildman–Crippen LogP) is 1.40. The van der Waals surface area contributed by atoms with Crippen LogP contribution in [0.4, 0.5) is 0 Å². The zero-order valence-electron chi connectivity index (χ0n) is 11.4. The van der Waals surface area contributed by atoms with E-state index in [1.165, 1.54) is 18.1 Å². The summed E-state index contributed by atoms with van der Waals surface area (Å²) in [5.74, 6) is 0. The van der Waals surface area contributed by atoms with Gasteiger partial charge in [0.1, 0.15) is 0 Å². The van der Waals surface area contributed by atoms with Crippen LogP contribution in [0, 0.1) is 0 Å². The Morgan fingerprint density at radius 1 is 0.824 bits per heavy atom. The number of rotatable bonds is 12. The summed E-state index contributed by atoms with van der Waals surface area (Å²) in [7, 11) is -1.62.